The highest BCUT2D eigenvalue weighted by Crippen LogP contribution is 1.72. The van der Waals surface area contributed by atoms with Gasteiger partial charge in [0.1, 0.15) is 0 Å². The van der Waals surface area contributed by atoms with E-state index in [0.717, 1.165) is 6.21 Å². The van der Waals surface area contributed by atoms with E-state index < -0.39 is 0 Å². The third-order valence-corrected chi connectivity index (χ3v) is 0.466. The summed E-state index contributed by atoms with van der Waals surface area (Å²) in [6.07, 6.45) is 1.15. The molecule has 0 saturated carbocycles. The van der Waals surface area contributed by atoms with Crippen molar-refractivity contribution in [3.05, 3.63) is 12.2 Å². The van der Waals surface area contributed by atoms with Gasteiger partial charge in [-0.2, -0.15) is 0 Å². The minimum absolute atomic E-state index is 0.392. The summed E-state index contributed by atoms with van der Waals surface area (Å²) >= 11 is 0. The summed E-state index contributed by atoms with van der Waals surface area (Å²) in [6.45, 7) is 3.82. The van der Waals surface area contributed by atoms with E-state index in [1.54, 1.807) is 0 Å². The smallest absolute Gasteiger partial charge is 0.0216 e. The van der Waals surface area contributed by atoms with Crippen LogP contribution in [0.5, 0.6) is 0 Å². The highest BCUT2D eigenvalue weighted by Gasteiger charge is 1.74. The zero-order valence-corrected chi connectivity index (χ0v) is 3.57. The lowest BCUT2D eigenvalue weighted by Crippen LogP contribution is -2.01. The van der Waals surface area contributed by atoms with Crippen molar-refractivity contribution in [3.63, 3.8) is 0 Å². The van der Waals surface area contributed by atoms with Crippen molar-refractivity contribution in [1.29, 1.82) is 5.41 Å². The van der Waals surface area contributed by atoms with Crippen molar-refractivity contribution in [1.82, 2.24) is 0 Å². The van der Waals surface area contributed by atoms with Gasteiger partial charge in [-0.15, -0.1) is 0 Å². The van der Waals surface area contributed by atoms with Gasteiger partial charge in [-0.3, -0.25) is 0 Å². The topological polar surface area (TPSA) is 49.9 Å². The molecule has 2 nitrogen and oxygen atoms in total. The second-order valence-electron chi connectivity index (χ2n) is 1.01. The molecule has 0 bridgehead atoms. The van der Waals surface area contributed by atoms with E-state index in [2.05, 4.69) is 6.58 Å². The average molecular weight is 84.1 g/mol. The Morgan fingerprint density at radius 2 is 2.50 bits per heavy atom. The van der Waals surface area contributed by atoms with Gasteiger partial charge in [0, 0.05) is 12.8 Å². The molecule has 0 aromatic heterocycles. The molecule has 0 saturated heterocycles. The fourth-order valence-corrected chi connectivity index (χ4v) is 0.0589. The fraction of sp³-hybridized carbons (Fsp3) is 0.250. The number of hydrogen-bond donors (Lipinski definition) is 2. The Balaban J connectivity index is 3.23. The van der Waals surface area contributed by atoms with Gasteiger partial charge in [-0.05, 0) is 5.57 Å². The fourth-order valence-electron chi connectivity index (χ4n) is 0.0589. The molecular weight excluding hydrogens is 76.1 g/mol. The number of hydrogen-bond acceptors (Lipinski definition) is 2. The highest BCUT2D eigenvalue weighted by atomic mass is 14.5. The molecule has 0 heterocycles. The monoisotopic (exact) mass is 84.1 g/mol. The molecule has 0 atom stereocenters. The quantitative estimate of drug-likeness (QED) is 0.460. The van der Waals surface area contributed by atoms with Crippen LogP contribution in [0.15, 0.2) is 12.2 Å². The lowest BCUT2D eigenvalue weighted by Gasteiger charge is -1.82. The van der Waals surface area contributed by atoms with Crippen LogP contribution in [0.25, 0.3) is 0 Å². The van der Waals surface area contributed by atoms with E-state index in [1.165, 1.54) is 0 Å². The van der Waals surface area contributed by atoms with Gasteiger partial charge in [0.25, 0.3) is 0 Å². The van der Waals surface area contributed by atoms with Gasteiger partial charge < -0.3 is 11.1 Å². The van der Waals surface area contributed by atoms with Crippen molar-refractivity contribution in [3.8, 4) is 0 Å². The highest BCUT2D eigenvalue weighted by molar-refractivity contribution is 5.74. The van der Waals surface area contributed by atoms with Crippen LogP contribution in [0.3, 0.4) is 0 Å². The largest absolute Gasteiger partial charge is 0.326 e. The van der Waals surface area contributed by atoms with Crippen molar-refractivity contribution in [2.24, 2.45) is 5.73 Å². The molecule has 34 valence electrons. The maximum atomic E-state index is 6.50. The summed E-state index contributed by atoms with van der Waals surface area (Å²) in [5, 5.41) is 6.50. The Kier molecular flexibility index (Phi) is 2.33. The molecule has 0 aliphatic carbocycles. The predicted molar refractivity (Wildman–Crippen MR) is 27.0 cm³/mol. The third kappa shape index (κ3) is 1.67. The van der Waals surface area contributed by atoms with Crippen molar-refractivity contribution in [2.75, 3.05) is 6.54 Å². The van der Waals surface area contributed by atoms with Crippen molar-refractivity contribution in [2.45, 2.75) is 0 Å². The molecule has 2 heteroatoms. The second kappa shape index (κ2) is 2.60. The first kappa shape index (κ1) is 5.37. The Labute approximate surface area is 37.2 Å². The van der Waals surface area contributed by atoms with Crippen LogP contribution in [-0.4, -0.2) is 12.8 Å². The summed E-state index contributed by atoms with van der Waals surface area (Å²) < 4.78 is 0. The van der Waals surface area contributed by atoms with E-state index in [-0.39, 0.29) is 0 Å². The van der Waals surface area contributed by atoms with Crippen LogP contribution in [0.2, 0.25) is 0 Å². The summed E-state index contributed by atoms with van der Waals surface area (Å²) in [4.78, 5) is 0. The first-order valence-electron chi connectivity index (χ1n) is 1.69. The molecule has 0 rings (SSSR count). The molecule has 0 fully saturated rings. The van der Waals surface area contributed by atoms with E-state index in [4.69, 9.17) is 11.1 Å². The van der Waals surface area contributed by atoms with Gasteiger partial charge >= 0.3 is 0 Å². The Morgan fingerprint density at radius 1 is 2.00 bits per heavy atom. The van der Waals surface area contributed by atoms with E-state index in [9.17, 15) is 0 Å². The molecule has 0 spiro atoms. The molecule has 6 heavy (non-hydrogen) atoms. The SMILES string of the molecule is C=C(C=N)CN. The van der Waals surface area contributed by atoms with E-state index >= 15 is 0 Å². The first-order chi connectivity index (χ1) is 2.81. The lowest BCUT2D eigenvalue weighted by atomic mass is 10.3. The Morgan fingerprint density at radius 3 is 2.50 bits per heavy atom. The maximum Gasteiger partial charge on any atom is 0.0216 e. The van der Waals surface area contributed by atoms with Crippen LogP contribution in [0.1, 0.15) is 0 Å². The molecule has 0 aromatic carbocycles. The van der Waals surface area contributed by atoms with Crippen LogP contribution >= 0.6 is 0 Å². The van der Waals surface area contributed by atoms with Gasteiger partial charge in [-0.1, -0.05) is 6.58 Å². The number of rotatable bonds is 2. The van der Waals surface area contributed by atoms with Gasteiger partial charge in [0.2, 0.25) is 0 Å². The lowest BCUT2D eigenvalue weighted by molar-refractivity contribution is 1.22. The van der Waals surface area contributed by atoms with Crippen LogP contribution in [-0.2, 0) is 0 Å². The summed E-state index contributed by atoms with van der Waals surface area (Å²) in [7, 11) is 0. The molecule has 0 aromatic rings. The van der Waals surface area contributed by atoms with Crippen LogP contribution in [0.4, 0.5) is 0 Å². The molecule has 0 amide bonds. The minimum Gasteiger partial charge on any atom is -0.326 e. The standard InChI is InChI=1S/C4H8N2/c1-4(2-5)3-6/h2,5H,1,3,6H2. The normalized spacial score (nSPS) is 7.50. The molecule has 0 radical (unpaired) electrons. The Bertz CT molecular complexity index is 65.9. The van der Waals surface area contributed by atoms with Gasteiger partial charge in [0.05, 0.1) is 0 Å². The predicted octanol–water partition coefficient (Wildman–Crippen LogP) is 0.151. The third-order valence-electron chi connectivity index (χ3n) is 0.466. The maximum absolute atomic E-state index is 6.50. The molecule has 0 aliphatic heterocycles. The molecule has 0 aliphatic rings. The average Bonchev–Trinajstić information content (AvgIpc) is 1.65. The minimum atomic E-state index is 0.392. The second-order valence-corrected chi connectivity index (χ2v) is 1.01. The van der Waals surface area contributed by atoms with E-state index in [1.807, 2.05) is 0 Å². The van der Waals surface area contributed by atoms with Crippen LogP contribution in [0, 0.1) is 5.41 Å². The Hall–Kier alpha value is -0.630. The van der Waals surface area contributed by atoms with Crippen molar-refractivity contribution >= 4 is 6.21 Å². The van der Waals surface area contributed by atoms with Crippen LogP contribution < -0.4 is 5.73 Å². The molecule has 0 unspecified atom stereocenters. The first-order valence-corrected chi connectivity index (χ1v) is 1.69. The zero-order chi connectivity index (χ0) is 4.99. The van der Waals surface area contributed by atoms with Gasteiger partial charge in [-0.25, -0.2) is 0 Å². The zero-order valence-electron chi connectivity index (χ0n) is 3.57. The molecular formula is C4H8N2. The number of nitrogens with two attached hydrogens (primary N) is 1. The van der Waals surface area contributed by atoms with Crippen molar-refractivity contribution < 1.29 is 0 Å². The summed E-state index contributed by atoms with van der Waals surface area (Å²) in [6, 6.07) is 0. The molecule has 3 N–H and O–H groups in total. The number of nitrogens with one attached hydrogen (secondary N) is 1. The van der Waals surface area contributed by atoms with E-state index in [0.29, 0.717) is 12.1 Å². The summed E-state index contributed by atoms with van der Waals surface area (Å²) in [5.74, 6) is 0. The van der Waals surface area contributed by atoms with Gasteiger partial charge in [0.15, 0.2) is 0 Å². The summed E-state index contributed by atoms with van der Waals surface area (Å²) in [5.41, 5.74) is 5.69.